The second-order valence-corrected chi connectivity index (χ2v) is 3.55. The predicted octanol–water partition coefficient (Wildman–Crippen LogP) is 2.38. The number of hydrogen-bond acceptors (Lipinski definition) is 2. The zero-order valence-corrected chi connectivity index (χ0v) is 8.52. The fourth-order valence-electron chi connectivity index (χ4n) is 1.10. The minimum absolute atomic E-state index is 0.0456. The maximum absolute atomic E-state index is 8.70. The van der Waals surface area contributed by atoms with Gasteiger partial charge < -0.3 is 10.8 Å². The quantitative estimate of drug-likeness (QED) is 0.821. The Morgan fingerprint density at radius 1 is 1.38 bits per heavy atom. The largest absolute Gasteiger partial charge is 0.396 e. The molecule has 0 heterocycles. The Balaban J connectivity index is 2.93. The highest BCUT2D eigenvalue weighted by molar-refractivity contribution is 6.42. The smallest absolute Gasteiger partial charge is 0.0640 e. The van der Waals surface area contributed by atoms with Crippen LogP contribution in [0, 0.1) is 0 Å². The first-order chi connectivity index (χ1) is 6.16. The first-order valence-electron chi connectivity index (χ1n) is 3.97. The molecule has 1 aromatic rings. The standard InChI is InChI=1S/C9H11Cl2NO/c10-7-3-1-2-6(9(7)11)8(12)4-5-13/h1-3,8,13H,4-5,12H2. The number of benzene rings is 1. The van der Waals surface area contributed by atoms with Gasteiger partial charge in [0.15, 0.2) is 0 Å². The van der Waals surface area contributed by atoms with Crippen LogP contribution < -0.4 is 5.73 Å². The van der Waals surface area contributed by atoms with Crippen molar-refractivity contribution in [3.8, 4) is 0 Å². The molecule has 0 amide bonds. The third-order valence-electron chi connectivity index (χ3n) is 1.82. The van der Waals surface area contributed by atoms with Crippen molar-refractivity contribution in [1.29, 1.82) is 0 Å². The molecular weight excluding hydrogens is 209 g/mol. The number of nitrogens with two attached hydrogens (primary N) is 1. The summed E-state index contributed by atoms with van der Waals surface area (Å²) in [4.78, 5) is 0. The van der Waals surface area contributed by atoms with Crippen molar-refractivity contribution in [3.05, 3.63) is 33.8 Å². The van der Waals surface area contributed by atoms with Crippen molar-refractivity contribution < 1.29 is 5.11 Å². The van der Waals surface area contributed by atoms with Gasteiger partial charge in [-0.2, -0.15) is 0 Å². The van der Waals surface area contributed by atoms with Crippen LogP contribution in [0.15, 0.2) is 18.2 Å². The first-order valence-corrected chi connectivity index (χ1v) is 4.72. The van der Waals surface area contributed by atoms with Gasteiger partial charge in [0.05, 0.1) is 10.0 Å². The first kappa shape index (κ1) is 10.8. The van der Waals surface area contributed by atoms with Crippen LogP contribution in [0.25, 0.3) is 0 Å². The summed E-state index contributed by atoms with van der Waals surface area (Å²) in [6.07, 6.45) is 0.486. The lowest BCUT2D eigenvalue weighted by Crippen LogP contribution is -2.12. The van der Waals surface area contributed by atoms with E-state index in [0.717, 1.165) is 5.56 Å². The molecule has 3 N–H and O–H groups in total. The number of rotatable bonds is 3. The van der Waals surface area contributed by atoms with Gasteiger partial charge in [0, 0.05) is 12.6 Å². The average Bonchev–Trinajstić information content (AvgIpc) is 2.10. The van der Waals surface area contributed by atoms with Gasteiger partial charge in [-0.25, -0.2) is 0 Å². The Labute approximate surface area is 87.3 Å². The predicted molar refractivity (Wildman–Crippen MR) is 55.1 cm³/mol. The molecule has 1 unspecified atom stereocenters. The molecule has 1 aromatic carbocycles. The highest BCUT2D eigenvalue weighted by Gasteiger charge is 2.11. The summed E-state index contributed by atoms with van der Waals surface area (Å²) in [5.74, 6) is 0. The summed E-state index contributed by atoms with van der Waals surface area (Å²) >= 11 is 11.7. The normalized spacial score (nSPS) is 12.9. The van der Waals surface area contributed by atoms with E-state index < -0.39 is 0 Å². The molecule has 0 saturated carbocycles. The molecule has 0 spiro atoms. The molecule has 0 radical (unpaired) electrons. The van der Waals surface area contributed by atoms with Crippen molar-refractivity contribution >= 4 is 23.2 Å². The van der Waals surface area contributed by atoms with Crippen LogP contribution in [-0.4, -0.2) is 11.7 Å². The van der Waals surface area contributed by atoms with E-state index in [2.05, 4.69) is 0 Å². The highest BCUT2D eigenvalue weighted by atomic mass is 35.5. The second kappa shape index (κ2) is 4.82. The SMILES string of the molecule is NC(CCO)c1cccc(Cl)c1Cl. The Morgan fingerprint density at radius 2 is 2.08 bits per heavy atom. The van der Waals surface area contributed by atoms with Crippen molar-refractivity contribution in [1.82, 2.24) is 0 Å². The summed E-state index contributed by atoms with van der Waals surface area (Å²) in [5, 5.41) is 9.67. The summed E-state index contributed by atoms with van der Waals surface area (Å²) in [5.41, 5.74) is 6.55. The molecule has 13 heavy (non-hydrogen) atoms. The molecule has 0 aromatic heterocycles. The van der Waals surface area contributed by atoms with E-state index in [0.29, 0.717) is 16.5 Å². The Morgan fingerprint density at radius 3 is 2.69 bits per heavy atom. The van der Waals surface area contributed by atoms with Crippen LogP contribution in [0.5, 0.6) is 0 Å². The fourth-order valence-corrected chi connectivity index (χ4v) is 1.55. The van der Waals surface area contributed by atoms with Crippen LogP contribution in [0.3, 0.4) is 0 Å². The van der Waals surface area contributed by atoms with Gasteiger partial charge >= 0.3 is 0 Å². The second-order valence-electron chi connectivity index (χ2n) is 2.76. The minimum atomic E-state index is -0.254. The lowest BCUT2D eigenvalue weighted by atomic mass is 10.1. The van der Waals surface area contributed by atoms with E-state index in [1.165, 1.54) is 0 Å². The van der Waals surface area contributed by atoms with Crippen LogP contribution in [0.2, 0.25) is 10.0 Å². The van der Waals surface area contributed by atoms with E-state index in [-0.39, 0.29) is 12.6 Å². The number of halogens is 2. The average molecular weight is 220 g/mol. The van der Waals surface area contributed by atoms with Crippen LogP contribution in [0.4, 0.5) is 0 Å². The lowest BCUT2D eigenvalue weighted by Gasteiger charge is -2.12. The molecule has 72 valence electrons. The van der Waals surface area contributed by atoms with Gasteiger partial charge in [-0.05, 0) is 18.1 Å². The molecule has 0 aliphatic carbocycles. The maximum Gasteiger partial charge on any atom is 0.0640 e. The van der Waals surface area contributed by atoms with Crippen molar-refractivity contribution in [2.24, 2.45) is 5.73 Å². The van der Waals surface area contributed by atoms with Gasteiger partial charge in [-0.1, -0.05) is 35.3 Å². The summed E-state index contributed by atoms with van der Waals surface area (Å²) in [7, 11) is 0. The van der Waals surface area contributed by atoms with E-state index in [1.807, 2.05) is 6.07 Å². The molecule has 4 heteroatoms. The lowest BCUT2D eigenvalue weighted by molar-refractivity contribution is 0.276. The molecule has 1 atom stereocenters. The summed E-state index contributed by atoms with van der Waals surface area (Å²) < 4.78 is 0. The number of aliphatic hydroxyl groups is 1. The molecule has 0 saturated heterocycles. The molecule has 0 bridgehead atoms. The topological polar surface area (TPSA) is 46.2 Å². The Bertz CT molecular complexity index is 291. The third kappa shape index (κ3) is 2.58. The Kier molecular flexibility index (Phi) is 4.00. The van der Waals surface area contributed by atoms with Crippen molar-refractivity contribution in [2.45, 2.75) is 12.5 Å². The highest BCUT2D eigenvalue weighted by Crippen LogP contribution is 2.29. The summed E-state index contributed by atoms with van der Waals surface area (Å²) in [6, 6.07) is 5.06. The molecule has 0 aliphatic heterocycles. The third-order valence-corrected chi connectivity index (χ3v) is 2.65. The minimum Gasteiger partial charge on any atom is -0.396 e. The molecule has 0 aliphatic rings. The zero-order valence-electron chi connectivity index (χ0n) is 7.00. The molecular formula is C9H11Cl2NO. The maximum atomic E-state index is 8.70. The molecule has 0 fully saturated rings. The van der Waals surface area contributed by atoms with Gasteiger partial charge in [0.25, 0.3) is 0 Å². The number of hydrogen-bond donors (Lipinski definition) is 2. The van der Waals surface area contributed by atoms with Crippen molar-refractivity contribution in [3.63, 3.8) is 0 Å². The van der Waals surface area contributed by atoms with E-state index in [4.69, 9.17) is 34.0 Å². The van der Waals surface area contributed by atoms with Gasteiger partial charge in [0.2, 0.25) is 0 Å². The molecule has 2 nitrogen and oxygen atoms in total. The van der Waals surface area contributed by atoms with Gasteiger partial charge in [0.1, 0.15) is 0 Å². The van der Waals surface area contributed by atoms with E-state index in [1.54, 1.807) is 12.1 Å². The Hall–Kier alpha value is -0.280. The van der Waals surface area contributed by atoms with Gasteiger partial charge in [-0.3, -0.25) is 0 Å². The monoisotopic (exact) mass is 219 g/mol. The van der Waals surface area contributed by atoms with Crippen LogP contribution in [0.1, 0.15) is 18.0 Å². The fraction of sp³-hybridized carbons (Fsp3) is 0.333. The van der Waals surface area contributed by atoms with Crippen LogP contribution >= 0.6 is 23.2 Å². The zero-order chi connectivity index (χ0) is 9.84. The van der Waals surface area contributed by atoms with E-state index >= 15 is 0 Å². The summed E-state index contributed by atoms with van der Waals surface area (Å²) in [6.45, 7) is 0.0456. The number of aliphatic hydroxyl groups excluding tert-OH is 1. The van der Waals surface area contributed by atoms with Crippen LogP contribution in [-0.2, 0) is 0 Å². The van der Waals surface area contributed by atoms with E-state index in [9.17, 15) is 0 Å². The van der Waals surface area contributed by atoms with Gasteiger partial charge in [-0.15, -0.1) is 0 Å². The molecule has 1 rings (SSSR count). The van der Waals surface area contributed by atoms with Crippen molar-refractivity contribution in [2.75, 3.05) is 6.61 Å².